The van der Waals surface area contributed by atoms with Gasteiger partial charge in [-0.3, -0.25) is 0 Å². The van der Waals surface area contributed by atoms with Crippen LogP contribution in [0.5, 0.6) is 0 Å². The van der Waals surface area contributed by atoms with Gasteiger partial charge in [-0.1, -0.05) is 0 Å². The molecule has 1 aromatic rings. The summed E-state index contributed by atoms with van der Waals surface area (Å²) in [6.07, 6.45) is -5.14. The summed E-state index contributed by atoms with van der Waals surface area (Å²) in [6, 6.07) is 4.04. The minimum Gasteiger partial charge on any atom is -0.374 e. The Morgan fingerprint density at radius 2 is 1.88 bits per heavy atom. The Kier molecular flexibility index (Phi) is 4.34. The molecular weight excluding hydrogens is 236 g/mol. The zero-order chi connectivity index (χ0) is 13.1. The standard InChI is InChI=1S/C11H14F4N2/c1-17(3-2-11(13,14)15)10-5-8(7-16)4-9(12)6-10/h4-6H,2-3,7,16H2,1H3. The summed E-state index contributed by atoms with van der Waals surface area (Å²) in [7, 11) is 1.49. The molecule has 1 aromatic carbocycles. The molecule has 0 saturated carbocycles. The molecule has 0 unspecified atom stereocenters. The molecule has 2 nitrogen and oxygen atoms in total. The van der Waals surface area contributed by atoms with Crippen molar-refractivity contribution in [3.63, 3.8) is 0 Å². The average Bonchev–Trinajstić information content (AvgIpc) is 2.23. The predicted octanol–water partition coefficient (Wildman–Crippen LogP) is 2.67. The van der Waals surface area contributed by atoms with E-state index in [0.29, 0.717) is 11.3 Å². The number of rotatable bonds is 4. The molecule has 0 spiro atoms. The average molecular weight is 250 g/mol. The van der Waals surface area contributed by atoms with Crippen LogP contribution in [-0.4, -0.2) is 19.8 Å². The lowest BCUT2D eigenvalue weighted by Crippen LogP contribution is -2.24. The summed E-state index contributed by atoms with van der Waals surface area (Å²) in [4.78, 5) is 1.36. The predicted molar refractivity (Wildman–Crippen MR) is 58.2 cm³/mol. The highest BCUT2D eigenvalue weighted by atomic mass is 19.4. The first-order valence-electron chi connectivity index (χ1n) is 5.09. The van der Waals surface area contributed by atoms with Gasteiger partial charge < -0.3 is 10.6 Å². The van der Waals surface area contributed by atoms with Gasteiger partial charge in [0.25, 0.3) is 0 Å². The fraction of sp³-hybridized carbons (Fsp3) is 0.455. The molecule has 0 fully saturated rings. The molecule has 0 radical (unpaired) electrons. The molecule has 0 heterocycles. The Morgan fingerprint density at radius 1 is 1.24 bits per heavy atom. The Labute approximate surface area is 97.0 Å². The maximum absolute atomic E-state index is 13.1. The molecule has 0 atom stereocenters. The van der Waals surface area contributed by atoms with Crippen molar-refractivity contribution in [3.8, 4) is 0 Å². The second kappa shape index (κ2) is 5.35. The summed E-state index contributed by atoms with van der Waals surface area (Å²) in [5.74, 6) is -0.498. The van der Waals surface area contributed by atoms with Crippen molar-refractivity contribution in [1.29, 1.82) is 0 Å². The second-order valence-electron chi connectivity index (χ2n) is 3.81. The third-order valence-corrected chi connectivity index (χ3v) is 2.35. The summed E-state index contributed by atoms with van der Waals surface area (Å²) in [5, 5.41) is 0. The molecule has 0 aromatic heterocycles. The van der Waals surface area contributed by atoms with Crippen LogP contribution in [0, 0.1) is 5.82 Å². The van der Waals surface area contributed by atoms with Crippen LogP contribution in [0.4, 0.5) is 23.2 Å². The highest BCUT2D eigenvalue weighted by molar-refractivity contribution is 5.48. The highest BCUT2D eigenvalue weighted by Gasteiger charge is 2.27. The third-order valence-electron chi connectivity index (χ3n) is 2.35. The Bertz CT molecular complexity index is 376. The number of hydrogen-bond donors (Lipinski definition) is 1. The number of halogens is 4. The lowest BCUT2D eigenvalue weighted by Gasteiger charge is -2.20. The van der Waals surface area contributed by atoms with Gasteiger partial charge >= 0.3 is 6.18 Å². The summed E-state index contributed by atoms with van der Waals surface area (Å²) in [6.45, 7) is -0.0607. The van der Waals surface area contributed by atoms with Crippen LogP contribution in [0.2, 0.25) is 0 Å². The van der Waals surface area contributed by atoms with Crippen LogP contribution in [0.25, 0.3) is 0 Å². The highest BCUT2D eigenvalue weighted by Crippen LogP contribution is 2.22. The molecular formula is C11H14F4N2. The third kappa shape index (κ3) is 4.60. The molecule has 0 saturated heterocycles. The van der Waals surface area contributed by atoms with Crippen LogP contribution in [0.3, 0.4) is 0 Å². The van der Waals surface area contributed by atoms with Crippen molar-refractivity contribution in [3.05, 3.63) is 29.6 Å². The van der Waals surface area contributed by atoms with E-state index < -0.39 is 18.4 Å². The molecule has 0 bridgehead atoms. The monoisotopic (exact) mass is 250 g/mol. The smallest absolute Gasteiger partial charge is 0.374 e. The summed E-state index contributed by atoms with van der Waals surface area (Å²) in [5.41, 5.74) is 6.32. The SMILES string of the molecule is CN(CCC(F)(F)F)c1cc(F)cc(CN)c1. The Hall–Kier alpha value is -1.30. The van der Waals surface area contributed by atoms with Gasteiger partial charge in [0.05, 0.1) is 6.42 Å². The maximum atomic E-state index is 13.1. The second-order valence-corrected chi connectivity index (χ2v) is 3.81. The minimum absolute atomic E-state index is 0.151. The van der Waals surface area contributed by atoms with Gasteiger partial charge in [-0.15, -0.1) is 0 Å². The Balaban J connectivity index is 2.74. The first kappa shape index (κ1) is 13.8. The summed E-state index contributed by atoms with van der Waals surface area (Å²) >= 11 is 0. The molecule has 96 valence electrons. The number of nitrogens with zero attached hydrogens (tertiary/aromatic N) is 1. The van der Waals surface area contributed by atoms with E-state index in [1.54, 1.807) is 6.07 Å². The zero-order valence-electron chi connectivity index (χ0n) is 9.39. The van der Waals surface area contributed by atoms with Crippen molar-refractivity contribution in [1.82, 2.24) is 0 Å². The molecule has 0 amide bonds. The number of alkyl halides is 3. The van der Waals surface area contributed by atoms with Gasteiger partial charge in [-0.25, -0.2) is 4.39 Å². The zero-order valence-corrected chi connectivity index (χ0v) is 9.39. The van der Waals surface area contributed by atoms with E-state index in [4.69, 9.17) is 5.73 Å². The molecule has 0 aliphatic heterocycles. The van der Waals surface area contributed by atoms with E-state index in [0.717, 1.165) is 0 Å². The lowest BCUT2D eigenvalue weighted by molar-refractivity contribution is -0.132. The lowest BCUT2D eigenvalue weighted by atomic mass is 10.2. The quantitative estimate of drug-likeness (QED) is 0.832. The maximum Gasteiger partial charge on any atom is 0.390 e. The molecule has 6 heteroatoms. The molecule has 1 rings (SSSR count). The van der Waals surface area contributed by atoms with E-state index in [1.807, 2.05) is 0 Å². The van der Waals surface area contributed by atoms with Gasteiger partial charge in [0.15, 0.2) is 0 Å². The molecule has 2 N–H and O–H groups in total. The fourth-order valence-electron chi connectivity index (χ4n) is 1.40. The van der Waals surface area contributed by atoms with Crippen LogP contribution < -0.4 is 10.6 Å². The first-order valence-corrected chi connectivity index (χ1v) is 5.09. The van der Waals surface area contributed by atoms with Gasteiger partial charge in [0.2, 0.25) is 0 Å². The molecule has 17 heavy (non-hydrogen) atoms. The van der Waals surface area contributed by atoms with Crippen molar-refractivity contribution in [2.24, 2.45) is 5.73 Å². The number of benzene rings is 1. The Morgan fingerprint density at radius 3 is 2.41 bits per heavy atom. The number of nitrogens with two attached hydrogens (primary N) is 1. The molecule has 0 aliphatic carbocycles. The van der Waals surface area contributed by atoms with E-state index in [1.165, 1.54) is 24.1 Å². The van der Waals surface area contributed by atoms with Crippen LogP contribution in [-0.2, 0) is 6.54 Å². The van der Waals surface area contributed by atoms with Crippen molar-refractivity contribution in [2.45, 2.75) is 19.1 Å². The van der Waals surface area contributed by atoms with E-state index in [9.17, 15) is 17.6 Å². The van der Waals surface area contributed by atoms with Gasteiger partial charge in [0.1, 0.15) is 5.82 Å². The number of anilines is 1. The number of hydrogen-bond acceptors (Lipinski definition) is 2. The van der Waals surface area contributed by atoms with Crippen LogP contribution in [0.1, 0.15) is 12.0 Å². The van der Waals surface area contributed by atoms with Gasteiger partial charge in [-0.05, 0) is 23.8 Å². The van der Waals surface area contributed by atoms with Crippen molar-refractivity contribution >= 4 is 5.69 Å². The van der Waals surface area contributed by atoms with Gasteiger partial charge in [-0.2, -0.15) is 13.2 Å². The minimum atomic E-state index is -4.21. The normalized spacial score (nSPS) is 11.6. The fourth-order valence-corrected chi connectivity index (χ4v) is 1.40. The molecule has 0 aliphatic rings. The van der Waals surface area contributed by atoms with Crippen LogP contribution >= 0.6 is 0 Å². The largest absolute Gasteiger partial charge is 0.390 e. The topological polar surface area (TPSA) is 29.3 Å². The van der Waals surface area contributed by atoms with E-state index in [-0.39, 0.29) is 13.1 Å². The van der Waals surface area contributed by atoms with Crippen LogP contribution in [0.15, 0.2) is 18.2 Å². The van der Waals surface area contributed by atoms with Gasteiger partial charge in [0, 0.05) is 25.8 Å². The van der Waals surface area contributed by atoms with E-state index in [2.05, 4.69) is 0 Å². The van der Waals surface area contributed by atoms with Crippen molar-refractivity contribution < 1.29 is 17.6 Å². The first-order chi connectivity index (χ1) is 7.81. The van der Waals surface area contributed by atoms with Crippen molar-refractivity contribution in [2.75, 3.05) is 18.5 Å². The summed E-state index contributed by atoms with van der Waals surface area (Å²) < 4.78 is 49.3. The van der Waals surface area contributed by atoms with E-state index >= 15 is 0 Å².